The summed E-state index contributed by atoms with van der Waals surface area (Å²) >= 11 is 1.34. The van der Waals surface area contributed by atoms with E-state index in [9.17, 15) is 4.79 Å². The number of aromatic nitrogens is 5. The molecule has 0 bridgehead atoms. The molecule has 1 N–H and O–H groups in total. The van der Waals surface area contributed by atoms with Crippen molar-refractivity contribution in [3.05, 3.63) is 41.2 Å². The van der Waals surface area contributed by atoms with Crippen molar-refractivity contribution in [3.8, 4) is 11.4 Å². The Bertz CT molecular complexity index is 933. The van der Waals surface area contributed by atoms with E-state index < -0.39 is 0 Å². The van der Waals surface area contributed by atoms with Gasteiger partial charge in [-0.1, -0.05) is 16.9 Å². The number of carbonyl (C=O) groups excluding carboxylic acids is 1. The number of amides is 1. The van der Waals surface area contributed by atoms with E-state index >= 15 is 0 Å². The van der Waals surface area contributed by atoms with Crippen LogP contribution in [-0.4, -0.2) is 36.6 Å². The molecule has 0 unspecified atom stereocenters. The summed E-state index contributed by atoms with van der Waals surface area (Å²) in [6.07, 6.45) is 1.68. The first-order valence-electron chi connectivity index (χ1n) is 8.10. The summed E-state index contributed by atoms with van der Waals surface area (Å²) < 4.78 is 6.84. The van der Waals surface area contributed by atoms with Crippen molar-refractivity contribution < 1.29 is 9.32 Å². The van der Waals surface area contributed by atoms with Crippen LogP contribution in [0.15, 0.2) is 27.9 Å². The van der Waals surface area contributed by atoms with Crippen molar-refractivity contribution in [2.45, 2.75) is 32.3 Å². The van der Waals surface area contributed by atoms with Crippen LogP contribution in [0.1, 0.15) is 22.8 Å². The Hall–Kier alpha value is -2.68. The Morgan fingerprint density at radius 1 is 1.35 bits per heavy atom. The second-order valence-electron chi connectivity index (χ2n) is 5.83. The van der Waals surface area contributed by atoms with E-state index in [-0.39, 0.29) is 11.7 Å². The van der Waals surface area contributed by atoms with E-state index in [4.69, 9.17) is 4.52 Å². The largest absolute Gasteiger partial charge is 0.351 e. The minimum Gasteiger partial charge on any atom is -0.351 e. The smallest absolute Gasteiger partial charge is 0.230 e. The van der Waals surface area contributed by atoms with Crippen molar-refractivity contribution in [1.29, 1.82) is 0 Å². The van der Waals surface area contributed by atoms with E-state index in [0.29, 0.717) is 23.3 Å². The fraction of sp³-hybridized carbons (Fsp3) is 0.353. The molecule has 136 valence electrons. The van der Waals surface area contributed by atoms with E-state index in [1.165, 1.54) is 11.8 Å². The first-order valence-corrected chi connectivity index (χ1v) is 9.08. The molecule has 8 nitrogen and oxygen atoms in total. The highest BCUT2D eigenvalue weighted by molar-refractivity contribution is 8.00. The Morgan fingerprint density at radius 2 is 2.15 bits per heavy atom. The number of pyridine rings is 1. The number of rotatable bonds is 6. The van der Waals surface area contributed by atoms with Crippen LogP contribution < -0.4 is 5.32 Å². The third-order valence-corrected chi connectivity index (χ3v) is 5.01. The first kappa shape index (κ1) is 18.1. The summed E-state index contributed by atoms with van der Waals surface area (Å²) in [5.41, 5.74) is 3.78. The van der Waals surface area contributed by atoms with Gasteiger partial charge in [0.05, 0.1) is 17.0 Å². The predicted octanol–water partition coefficient (Wildman–Crippen LogP) is 2.20. The average Bonchev–Trinajstić information content (AvgIpc) is 3.15. The average molecular weight is 372 g/mol. The molecule has 3 heterocycles. The third-order valence-electron chi connectivity index (χ3n) is 4.00. The fourth-order valence-electron chi connectivity index (χ4n) is 2.53. The number of hydrogen-bond acceptors (Lipinski definition) is 7. The molecule has 0 atom stereocenters. The topological polar surface area (TPSA) is 98.7 Å². The number of thioether (sulfide) groups is 1. The van der Waals surface area contributed by atoms with Crippen LogP contribution in [0, 0.1) is 20.8 Å². The summed E-state index contributed by atoms with van der Waals surface area (Å²) in [4.78, 5) is 20.8. The molecular formula is C17H20N6O2S. The van der Waals surface area contributed by atoms with Crippen LogP contribution in [0.5, 0.6) is 0 Å². The summed E-state index contributed by atoms with van der Waals surface area (Å²) in [6.45, 7) is 6.12. The second kappa shape index (κ2) is 7.69. The van der Waals surface area contributed by atoms with Gasteiger partial charge >= 0.3 is 0 Å². The minimum atomic E-state index is -0.0708. The van der Waals surface area contributed by atoms with Crippen LogP contribution in [0.25, 0.3) is 11.4 Å². The molecule has 0 saturated heterocycles. The van der Waals surface area contributed by atoms with Crippen molar-refractivity contribution in [3.63, 3.8) is 0 Å². The summed E-state index contributed by atoms with van der Waals surface area (Å²) in [6, 6.07) is 3.67. The second-order valence-corrected chi connectivity index (χ2v) is 6.80. The molecule has 0 aliphatic carbocycles. The summed E-state index contributed by atoms with van der Waals surface area (Å²) in [7, 11) is 1.89. The maximum absolute atomic E-state index is 12.2. The Kier molecular flexibility index (Phi) is 5.36. The number of aryl methyl sites for hydroxylation is 3. The molecule has 26 heavy (non-hydrogen) atoms. The lowest BCUT2D eigenvalue weighted by atomic mass is 10.2. The van der Waals surface area contributed by atoms with Crippen LogP contribution in [0.2, 0.25) is 0 Å². The highest BCUT2D eigenvalue weighted by atomic mass is 32.2. The molecule has 9 heteroatoms. The van der Waals surface area contributed by atoms with Gasteiger partial charge in [0, 0.05) is 38.0 Å². The molecule has 0 fully saturated rings. The van der Waals surface area contributed by atoms with Gasteiger partial charge < -0.3 is 9.84 Å². The first-order chi connectivity index (χ1) is 12.5. The van der Waals surface area contributed by atoms with Gasteiger partial charge in [0.1, 0.15) is 5.03 Å². The number of carbonyl (C=O) groups is 1. The number of nitrogens with one attached hydrogen (secondary N) is 1. The quantitative estimate of drug-likeness (QED) is 0.662. The van der Waals surface area contributed by atoms with Gasteiger partial charge in [-0.15, -0.1) is 0 Å². The van der Waals surface area contributed by atoms with Gasteiger partial charge in [-0.3, -0.25) is 9.48 Å². The molecule has 1 amide bonds. The minimum absolute atomic E-state index is 0.0708. The van der Waals surface area contributed by atoms with Crippen molar-refractivity contribution in [2.24, 2.45) is 7.05 Å². The SMILES string of the molecule is Cc1nc(-c2cccnc2SCC(=O)NCc2c(C)nn(C)c2C)no1. The maximum Gasteiger partial charge on any atom is 0.230 e. The lowest BCUT2D eigenvalue weighted by Gasteiger charge is -2.07. The van der Waals surface area contributed by atoms with Crippen LogP contribution in [0.4, 0.5) is 0 Å². The molecule has 3 rings (SSSR count). The highest BCUT2D eigenvalue weighted by Crippen LogP contribution is 2.27. The maximum atomic E-state index is 12.2. The van der Waals surface area contributed by atoms with Crippen molar-refractivity contribution in [1.82, 2.24) is 30.2 Å². The number of nitrogens with zero attached hydrogens (tertiary/aromatic N) is 5. The summed E-state index contributed by atoms with van der Waals surface area (Å²) in [5, 5.41) is 11.9. The molecule has 3 aromatic heterocycles. The van der Waals surface area contributed by atoms with Gasteiger partial charge in [-0.2, -0.15) is 10.1 Å². The molecule has 0 aromatic carbocycles. The van der Waals surface area contributed by atoms with Gasteiger partial charge in [0.15, 0.2) is 0 Å². The number of hydrogen-bond donors (Lipinski definition) is 1. The zero-order chi connectivity index (χ0) is 18.7. The van der Waals surface area contributed by atoms with Gasteiger partial charge in [-0.25, -0.2) is 4.98 Å². The van der Waals surface area contributed by atoms with E-state index in [1.807, 2.05) is 31.6 Å². The van der Waals surface area contributed by atoms with E-state index in [2.05, 4.69) is 25.5 Å². The zero-order valence-corrected chi connectivity index (χ0v) is 15.9. The monoisotopic (exact) mass is 372 g/mol. The summed E-state index contributed by atoms with van der Waals surface area (Å²) in [5.74, 6) is 1.14. The van der Waals surface area contributed by atoms with E-state index in [1.54, 1.807) is 19.2 Å². The van der Waals surface area contributed by atoms with Crippen LogP contribution in [-0.2, 0) is 18.4 Å². The van der Waals surface area contributed by atoms with Crippen molar-refractivity contribution >= 4 is 17.7 Å². The normalized spacial score (nSPS) is 10.9. The predicted molar refractivity (Wildman–Crippen MR) is 97.5 cm³/mol. The molecule has 0 aliphatic heterocycles. The van der Waals surface area contributed by atoms with Crippen LogP contribution in [0.3, 0.4) is 0 Å². The van der Waals surface area contributed by atoms with Gasteiger partial charge in [0.2, 0.25) is 17.6 Å². The molecule has 0 spiro atoms. The Labute approximate surface area is 155 Å². The van der Waals surface area contributed by atoms with Crippen LogP contribution >= 0.6 is 11.8 Å². The Balaban J connectivity index is 1.62. The fourth-order valence-corrected chi connectivity index (χ4v) is 3.35. The lowest BCUT2D eigenvalue weighted by molar-refractivity contribution is -0.118. The van der Waals surface area contributed by atoms with Gasteiger partial charge in [0.25, 0.3) is 0 Å². The van der Waals surface area contributed by atoms with Gasteiger partial charge in [-0.05, 0) is 26.0 Å². The standard InChI is InChI=1S/C17H20N6O2S/c1-10-14(11(2)23(4)21-10)8-19-15(24)9-26-17-13(6-5-7-18-17)16-20-12(3)25-22-16/h5-7H,8-9H2,1-4H3,(H,19,24). The third kappa shape index (κ3) is 3.93. The van der Waals surface area contributed by atoms with Crippen molar-refractivity contribution in [2.75, 3.05) is 5.75 Å². The molecule has 3 aromatic rings. The zero-order valence-electron chi connectivity index (χ0n) is 15.1. The molecule has 0 saturated carbocycles. The Morgan fingerprint density at radius 3 is 2.81 bits per heavy atom. The lowest BCUT2D eigenvalue weighted by Crippen LogP contribution is -2.25. The molecule has 0 aliphatic rings. The molecular weight excluding hydrogens is 352 g/mol. The highest BCUT2D eigenvalue weighted by Gasteiger charge is 2.15. The molecule has 0 radical (unpaired) electrons. The van der Waals surface area contributed by atoms with E-state index in [0.717, 1.165) is 22.5 Å².